The Hall–Kier alpha value is -3.02. The molecule has 0 bridgehead atoms. The topological polar surface area (TPSA) is 68.7 Å². The quantitative estimate of drug-likeness (QED) is 0.695. The van der Waals surface area contributed by atoms with E-state index in [1.54, 1.807) is 43.5 Å². The first kappa shape index (κ1) is 15.9. The number of likely N-dealkylation sites (N-methyl/N-ethyl adjacent to an activating group) is 1. The molecule has 1 amide bonds. The normalized spacial score (nSPS) is 10.6. The zero-order valence-corrected chi connectivity index (χ0v) is 13.6. The van der Waals surface area contributed by atoms with Gasteiger partial charge in [-0.2, -0.15) is 0 Å². The highest BCUT2D eigenvalue weighted by Crippen LogP contribution is 2.21. The van der Waals surface area contributed by atoms with Crippen LogP contribution in [0.5, 0.6) is 5.75 Å². The summed E-state index contributed by atoms with van der Waals surface area (Å²) in [5, 5.41) is 3.83. The van der Waals surface area contributed by atoms with E-state index in [0.29, 0.717) is 18.1 Å². The molecule has 3 aromatic rings. The number of hydrogen-bond acceptors (Lipinski definition) is 5. The molecule has 6 nitrogen and oxygen atoms in total. The van der Waals surface area contributed by atoms with Gasteiger partial charge >= 0.3 is 0 Å². The third-order valence-corrected chi connectivity index (χ3v) is 3.73. The van der Waals surface area contributed by atoms with Gasteiger partial charge in [0, 0.05) is 19.7 Å². The lowest BCUT2D eigenvalue weighted by molar-refractivity contribution is 0.0786. The predicted molar refractivity (Wildman–Crippen MR) is 87.9 cm³/mol. The second-order valence-corrected chi connectivity index (χ2v) is 5.38. The lowest BCUT2D eigenvalue weighted by Crippen LogP contribution is -2.29. The summed E-state index contributed by atoms with van der Waals surface area (Å²) >= 11 is 0. The molecule has 124 valence electrons. The van der Waals surface area contributed by atoms with Crippen LogP contribution in [0.2, 0.25) is 0 Å². The number of methoxy groups -OCH3 is 1. The van der Waals surface area contributed by atoms with Gasteiger partial charge in [-0.25, -0.2) is 0 Å². The molecule has 0 aliphatic rings. The van der Waals surface area contributed by atoms with Crippen molar-refractivity contribution in [3.05, 3.63) is 60.0 Å². The van der Waals surface area contributed by atoms with Crippen LogP contribution >= 0.6 is 0 Å². The van der Waals surface area contributed by atoms with Crippen molar-refractivity contribution in [2.75, 3.05) is 20.7 Å². The first-order valence-electron chi connectivity index (χ1n) is 7.56. The molecule has 0 radical (unpaired) electrons. The monoisotopic (exact) mass is 326 g/mol. The molecule has 1 aromatic carbocycles. The lowest BCUT2D eigenvalue weighted by atomic mass is 10.1. The van der Waals surface area contributed by atoms with Gasteiger partial charge in [0.25, 0.3) is 5.91 Å². The molecule has 0 saturated heterocycles. The van der Waals surface area contributed by atoms with Crippen molar-refractivity contribution in [1.82, 2.24) is 10.1 Å². The second kappa shape index (κ2) is 7.04. The summed E-state index contributed by atoms with van der Waals surface area (Å²) in [5.41, 5.74) is 1.39. The fourth-order valence-electron chi connectivity index (χ4n) is 2.30. The molecule has 0 saturated carbocycles. The average Bonchev–Trinajstić information content (AvgIpc) is 3.30. The van der Waals surface area contributed by atoms with E-state index in [1.165, 1.54) is 0 Å². The molecule has 0 spiro atoms. The molecule has 3 rings (SSSR count). The van der Waals surface area contributed by atoms with E-state index in [4.69, 9.17) is 13.7 Å². The Morgan fingerprint density at radius 2 is 2.00 bits per heavy atom. The lowest BCUT2D eigenvalue weighted by Gasteiger charge is -2.15. The summed E-state index contributed by atoms with van der Waals surface area (Å²) in [7, 11) is 3.38. The fourth-order valence-corrected chi connectivity index (χ4v) is 2.30. The highest BCUT2D eigenvalue weighted by atomic mass is 16.5. The van der Waals surface area contributed by atoms with Crippen molar-refractivity contribution >= 4 is 5.91 Å². The molecule has 0 N–H and O–H groups in total. The number of furan rings is 1. The van der Waals surface area contributed by atoms with Crippen LogP contribution in [0.25, 0.3) is 11.5 Å². The van der Waals surface area contributed by atoms with Crippen molar-refractivity contribution in [2.45, 2.75) is 6.42 Å². The number of aromatic nitrogens is 1. The molecule has 0 aliphatic heterocycles. The number of hydrogen-bond donors (Lipinski definition) is 0. The van der Waals surface area contributed by atoms with Crippen LogP contribution in [0.1, 0.15) is 16.1 Å². The highest BCUT2D eigenvalue weighted by Gasteiger charge is 2.18. The Bertz CT molecular complexity index is 791. The Morgan fingerprint density at radius 3 is 2.67 bits per heavy atom. The van der Waals surface area contributed by atoms with E-state index >= 15 is 0 Å². The van der Waals surface area contributed by atoms with Gasteiger partial charge < -0.3 is 18.6 Å². The van der Waals surface area contributed by atoms with Crippen molar-refractivity contribution in [1.29, 1.82) is 0 Å². The Kier molecular flexibility index (Phi) is 4.65. The number of nitrogens with zero attached hydrogens (tertiary/aromatic N) is 2. The number of ether oxygens (including phenoxy) is 1. The summed E-state index contributed by atoms with van der Waals surface area (Å²) in [5.74, 6) is 1.61. The Labute approximate surface area is 139 Å². The smallest absolute Gasteiger partial charge is 0.275 e. The van der Waals surface area contributed by atoms with Crippen molar-refractivity contribution in [2.24, 2.45) is 0 Å². The number of rotatable bonds is 6. The van der Waals surface area contributed by atoms with Crippen molar-refractivity contribution < 1.29 is 18.5 Å². The standard InChI is InChI=1S/C18H18N2O4/c1-20(10-9-13-5-7-14(22-2)8-6-13)18(21)15-12-17(24-19-15)16-4-3-11-23-16/h3-8,11-12H,9-10H2,1-2H3. The van der Waals surface area contributed by atoms with Crippen molar-refractivity contribution in [3.8, 4) is 17.3 Å². The molecule has 24 heavy (non-hydrogen) atoms. The molecule has 2 aromatic heterocycles. The van der Waals surface area contributed by atoms with E-state index in [0.717, 1.165) is 17.7 Å². The van der Waals surface area contributed by atoms with E-state index in [2.05, 4.69) is 5.16 Å². The van der Waals surface area contributed by atoms with Gasteiger partial charge in [-0.1, -0.05) is 17.3 Å². The van der Waals surface area contributed by atoms with Crippen LogP contribution < -0.4 is 4.74 Å². The number of benzene rings is 1. The van der Waals surface area contributed by atoms with E-state index in [-0.39, 0.29) is 11.6 Å². The molecule has 2 heterocycles. The van der Waals surface area contributed by atoms with Gasteiger partial charge in [0.15, 0.2) is 11.5 Å². The first-order valence-corrected chi connectivity index (χ1v) is 7.56. The molecular formula is C18H18N2O4. The van der Waals surface area contributed by atoms with E-state index in [1.807, 2.05) is 24.3 Å². The molecular weight excluding hydrogens is 308 g/mol. The summed E-state index contributed by atoms with van der Waals surface area (Å²) < 4.78 is 15.5. The molecule has 0 unspecified atom stereocenters. The van der Waals surface area contributed by atoms with Gasteiger partial charge in [0.05, 0.1) is 13.4 Å². The van der Waals surface area contributed by atoms with Gasteiger partial charge in [-0.15, -0.1) is 0 Å². The maximum Gasteiger partial charge on any atom is 0.275 e. The first-order chi connectivity index (χ1) is 11.7. The molecule has 0 atom stereocenters. The summed E-state index contributed by atoms with van der Waals surface area (Å²) in [6.45, 7) is 0.577. The van der Waals surface area contributed by atoms with Gasteiger partial charge in [-0.05, 0) is 36.2 Å². The van der Waals surface area contributed by atoms with Crippen LogP contribution in [-0.2, 0) is 6.42 Å². The number of carbonyl (C=O) groups excluding carboxylic acids is 1. The minimum atomic E-state index is -0.190. The zero-order chi connectivity index (χ0) is 16.9. The average molecular weight is 326 g/mol. The Balaban J connectivity index is 1.60. The minimum absolute atomic E-state index is 0.190. The molecule has 0 aliphatic carbocycles. The zero-order valence-electron chi connectivity index (χ0n) is 13.6. The van der Waals surface area contributed by atoms with Crippen LogP contribution in [0.4, 0.5) is 0 Å². The minimum Gasteiger partial charge on any atom is -0.497 e. The van der Waals surface area contributed by atoms with E-state index in [9.17, 15) is 4.79 Å². The van der Waals surface area contributed by atoms with Crippen LogP contribution in [0, 0.1) is 0 Å². The Morgan fingerprint density at radius 1 is 1.21 bits per heavy atom. The SMILES string of the molecule is COc1ccc(CCN(C)C(=O)c2cc(-c3ccco3)on2)cc1. The van der Waals surface area contributed by atoms with E-state index < -0.39 is 0 Å². The van der Waals surface area contributed by atoms with Crippen molar-refractivity contribution in [3.63, 3.8) is 0 Å². The summed E-state index contributed by atoms with van der Waals surface area (Å²) in [6, 6.07) is 12.9. The summed E-state index contributed by atoms with van der Waals surface area (Å²) in [4.78, 5) is 14.0. The highest BCUT2D eigenvalue weighted by molar-refractivity contribution is 5.92. The van der Waals surface area contributed by atoms with Gasteiger partial charge in [0.1, 0.15) is 5.75 Å². The molecule has 0 fully saturated rings. The molecule has 6 heteroatoms. The fraction of sp³-hybridized carbons (Fsp3) is 0.222. The maximum absolute atomic E-state index is 12.4. The maximum atomic E-state index is 12.4. The van der Waals surface area contributed by atoms with Crippen LogP contribution in [-0.4, -0.2) is 36.7 Å². The van der Waals surface area contributed by atoms with Gasteiger partial charge in [-0.3, -0.25) is 4.79 Å². The third kappa shape index (κ3) is 3.48. The van der Waals surface area contributed by atoms with Crippen LogP contribution in [0.15, 0.2) is 57.7 Å². The van der Waals surface area contributed by atoms with Gasteiger partial charge in [0.2, 0.25) is 5.76 Å². The summed E-state index contributed by atoms with van der Waals surface area (Å²) in [6.07, 6.45) is 2.29. The third-order valence-electron chi connectivity index (χ3n) is 3.73. The predicted octanol–water partition coefficient (Wildman–Crippen LogP) is 3.26. The number of carbonyl (C=O) groups is 1. The number of amides is 1. The van der Waals surface area contributed by atoms with Crippen LogP contribution in [0.3, 0.4) is 0 Å². The largest absolute Gasteiger partial charge is 0.497 e. The second-order valence-electron chi connectivity index (χ2n) is 5.38.